The molecule has 0 saturated heterocycles. The van der Waals surface area contributed by atoms with E-state index in [2.05, 4.69) is 22.8 Å². The zero-order valence-corrected chi connectivity index (χ0v) is 19.8. The van der Waals surface area contributed by atoms with Gasteiger partial charge in [-0.05, 0) is 42.5 Å². The van der Waals surface area contributed by atoms with Gasteiger partial charge >= 0.3 is 12.1 Å². The van der Waals surface area contributed by atoms with Gasteiger partial charge in [0, 0.05) is 19.1 Å². The van der Waals surface area contributed by atoms with Gasteiger partial charge in [0.1, 0.15) is 12.1 Å². The molecule has 1 aliphatic rings. The van der Waals surface area contributed by atoms with Crippen molar-refractivity contribution in [2.24, 2.45) is 0 Å². The van der Waals surface area contributed by atoms with Crippen LogP contribution in [0, 0.1) is 0 Å². The van der Waals surface area contributed by atoms with Gasteiger partial charge in [-0.1, -0.05) is 55.5 Å². The molecular weight excluding hydrogens is 436 g/mol. The van der Waals surface area contributed by atoms with E-state index >= 15 is 0 Å². The van der Waals surface area contributed by atoms with Gasteiger partial charge in [-0.25, -0.2) is 4.79 Å². The number of aliphatic carboxylic acids is 1. The predicted molar refractivity (Wildman–Crippen MR) is 128 cm³/mol. The highest BCUT2D eigenvalue weighted by Crippen LogP contribution is 2.44. The molecule has 3 N–H and O–H groups in total. The van der Waals surface area contributed by atoms with Crippen LogP contribution in [0.25, 0.3) is 11.1 Å². The molecular formula is C26H32N2O6. The second-order valence-electron chi connectivity index (χ2n) is 8.52. The van der Waals surface area contributed by atoms with Crippen LogP contribution in [0.15, 0.2) is 48.5 Å². The number of fused-ring (bicyclic) bond motifs is 3. The molecule has 2 atom stereocenters. The SMILES string of the molecule is CCOC(CNC(=O)C(C)(CC)NC(=O)OCC1c2ccccc2-c2ccccc21)CC(=O)O. The molecule has 182 valence electrons. The van der Waals surface area contributed by atoms with Gasteiger partial charge in [0.05, 0.1) is 12.5 Å². The number of rotatable bonds is 11. The van der Waals surface area contributed by atoms with Gasteiger partial charge in [-0.3, -0.25) is 9.59 Å². The van der Waals surface area contributed by atoms with E-state index in [-0.39, 0.29) is 25.5 Å². The smallest absolute Gasteiger partial charge is 0.408 e. The molecule has 2 aromatic rings. The molecule has 2 unspecified atom stereocenters. The van der Waals surface area contributed by atoms with Crippen molar-refractivity contribution in [3.63, 3.8) is 0 Å². The van der Waals surface area contributed by atoms with Crippen molar-refractivity contribution in [3.8, 4) is 11.1 Å². The minimum Gasteiger partial charge on any atom is -0.481 e. The van der Waals surface area contributed by atoms with E-state index in [1.165, 1.54) is 0 Å². The Kier molecular flexibility index (Phi) is 8.28. The van der Waals surface area contributed by atoms with Crippen molar-refractivity contribution in [1.82, 2.24) is 10.6 Å². The molecule has 0 bridgehead atoms. The third-order valence-electron chi connectivity index (χ3n) is 6.22. The Morgan fingerprint density at radius 3 is 2.15 bits per heavy atom. The Hall–Kier alpha value is -3.39. The monoisotopic (exact) mass is 468 g/mol. The van der Waals surface area contributed by atoms with Crippen LogP contribution in [0.3, 0.4) is 0 Å². The summed E-state index contributed by atoms with van der Waals surface area (Å²) in [4.78, 5) is 36.5. The zero-order chi connectivity index (χ0) is 24.7. The molecule has 1 aliphatic carbocycles. The number of amides is 2. The number of carboxylic acid groups (broad SMARTS) is 1. The molecule has 0 aliphatic heterocycles. The highest BCUT2D eigenvalue weighted by atomic mass is 16.5. The van der Waals surface area contributed by atoms with Gasteiger partial charge in [-0.2, -0.15) is 0 Å². The second kappa shape index (κ2) is 11.2. The maximum absolute atomic E-state index is 12.8. The molecule has 0 saturated carbocycles. The van der Waals surface area contributed by atoms with Gasteiger partial charge in [0.15, 0.2) is 0 Å². The van der Waals surface area contributed by atoms with E-state index in [1.807, 2.05) is 36.4 Å². The standard InChI is InChI=1S/C26H32N2O6/c1-4-26(3,24(31)27-15-17(33-5-2)14-23(29)30)28-25(32)34-16-22-20-12-8-6-10-18(20)19-11-7-9-13-21(19)22/h6-13,17,22H,4-5,14-16H2,1-3H3,(H,27,31)(H,28,32)(H,29,30). The number of hydrogen-bond acceptors (Lipinski definition) is 5. The molecule has 0 radical (unpaired) electrons. The Morgan fingerprint density at radius 1 is 1.03 bits per heavy atom. The molecule has 3 rings (SSSR count). The van der Waals surface area contributed by atoms with Crippen LogP contribution in [0.5, 0.6) is 0 Å². The van der Waals surface area contributed by atoms with Gasteiger partial charge in [0.25, 0.3) is 0 Å². The lowest BCUT2D eigenvalue weighted by Gasteiger charge is -2.29. The van der Waals surface area contributed by atoms with Crippen LogP contribution < -0.4 is 10.6 Å². The molecule has 0 heterocycles. The Bertz CT molecular complexity index is 994. The summed E-state index contributed by atoms with van der Waals surface area (Å²) in [6, 6.07) is 16.1. The number of ether oxygens (including phenoxy) is 2. The van der Waals surface area contributed by atoms with Crippen molar-refractivity contribution in [3.05, 3.63) is 59.7 Å². The Balaban J connectivity index is 1.60. The van der Waals surface area contributed by atoms with E-state index in [0.29, 0.717) is 13.0 Å². The summed E-state index contributed by atoms with van der Waals surface area (Å²) in [5.74, 6) is -1.52. The average Bonchev–Trinajstić information content (AvgIpc) is 3.14. The first kappa shape index (κ1) is 25.2. The minimum atomic E-state index is -1.22. The first-order valence-electron chi connectivity index (χ1n) is 11.5. The number of benzene rings is 2. The first-order chi connectivity index (χ1) is 16.3. The first-order valence-corrected chi connectivity index (χ1v) is 11.5. The number of nitrogens with one attached hydrogen (secondary N) is 2. The van der Waals surface area contributed by atoms with Crippen LogP contribution in [0.2, 0.25) is 0 Å². The van der Waals surface area contributed by atoms with E-state index in [4.69, 9.17) is 14.6 Å². The summed E-state index contributed by atoms with van der Waals surface area (Å²) in [5, 5.41) is 14.4. The van der Waals surface area contributed by atoms with Gasteiger partial charge < -0.3 is 25.2 Å². The molecule has 0 fully saturated rings. The predicted octanol–water partition coefficient (Wildman–Crippen LogP) is 3.69. The van der Waals surface area contributed by atoms with Crippen LogP contribution in [-0.4, -0.2) is 54.5 Å². The van der Waals surface area contributed by atoms with E-state index in [9.17, 15) is 14.4 Å². The second-order valence-corrected chi connectivity index (χ2v) is 8.52. The van der Waals surface area contributed by atoms with E-state index < -0.39 is 29.6 Å². The van der Waals surface area contributed by atoms with Crippen molar-refractivity contribution < 1.29 is 29.0 Å². The van der Waals surface area contributed by atoms with Crippen LogP contribution >= 0.6 is 0 Å². The van der Waals surface area contributed by atoms with Crippen LogP contribution in [0.4, 0.5) is 4.79 Å². The third-order valence-corrected chi connectivity index (χ3v) is 6.22. The molecule has 8 heteroatoms. The lowest BCUT2D eigenvalue weighted by molar-refractivity contribution is -0.140. The van der Waals surface area contributed by atoms with E-state index in [1.54, 1.807) is 20.8 Å². The third kappa shape index (κ3) is 5.75. The largest absolute Gasteiger partial charge is 0.481 e. The summed E-state index contributed by atoms with van der Waals surface area (Å²) in [6.45, 7) is 5.65. The highest BCUT2D eigenvalue weighted by Gasteiger charge is 2.35. The summed E-state index contributed by atoms with van der Waals surface area (Å²) in [6.07, 6.45) is -1.24. The van der Waals surface area contributed by atoms with E-state index in [0.717, 1.165) is 22.3 Å². The number of carboxylic acids is 1. The number of carbonyl (C=O) groups excluding carboxylic acids is 2. The lowest BCUT2D eigenvalue weighted by Crippen LogP contribution is -2.57. The van der Waals surface area contributed by atoms with Gasteiger partial charge in [0.2, 0.25) is 5.91 Å². The Labute approximate surface area is 199 Å². The van der Waals surface area contributed by atoms with Crippen molar-refractivity contribution >= 4 is 18.0 Å². The summed E-state index contributed by atoms with van der Waals surface area (Å²) in [7, 11) is 0. The van der Waals surface area contributed by atoms with Crippen molar-refractivity contribution in [2.75, 3.05) is 19.8 Å². The minimum absolute atomic E-state index is 0.0287. The fourth-order valence-electron chi connectivity index (χ4n) is 4.19. The van der Waals surface area contributed by atoms with Gasteiger partial charge in [-0.15, -0.1) is 0 Å². The maximum Gasteiger partial charge on any atom is 0.408 e. The molecule has 0 aromatic heterocycles. The molecule has 0 spiro atoms. The highest BCUT2D eigenvalue weighted by molar-refractivity contribution is 5.89. The zero-order valence-electron chi connectivity index (χ0n) is 19.8. The number of carbonyl (C=O) groups is 3. The van der Waals surface area contributed by atoms with Crippen molar-refractivity contribution in [2.45, 2.75) is 51.2 Å². The average molecular weight is 469 g/mol. The normalized spacial score (nSPS) is 14.9. The van der Waals surface area contributed by atoms with Crippen molar-refractivity contribution in [1.29, 1.82) is 0 Å². The number of alkyl carbamates (subject to hydrolysis) is 1. The fraction of sp³-hybridized carbons (Fsp3) is 0.423. The van der Waals surface area contributed by atoms with Crippen LogP contribution in [-0.2, 0) is 19.1 Å². The van der Waals surface area contributed by atoms with Crippen LogP contribution in [0.1, 0.15) is 50.7 Å². The molecule has 2 amide bonds. The Morgan fingerprint density at radius 2 is 1.62 bits per heavy atom. The lowest BCUT2D eigenvalue weighted by atomic mass is 9.97. The summed E-state index contributed by atoms with van der Waals surface area (Å²) >= 11 is 0. The quantitative estimate of drug-likeness (QED) is 0.464. The molecule has 2 aromatic carbocycles. The maximum atomic E-state index is 12.8. The summed E-state index contributed by atoms with van der Waals surface area (Å²) in [5.41, 5.74) is 3.26. The fourth-order valence-corrected chi connectivity index (χ4v) is 4.19. The number of hydrogen-bond donors (Lipinski definition) is 3. The molecule has 8 nitrogen and oxygen atoms in total. The topological polar surface area (TPSA) is 114 Å². The molecule has 34 heavy (non-hydrogen) atoms. The summed E-state index contributed by atoms with van der Waals surface area (Å²) < 4.78 is 10.9.